The van der Waals surface area contributed by atoms with Gasteiger partial charge in [0.25, 0.3) is 0 Å². The zero-order chi connectivity index (χ0) is 12.7. The van der Waals surface area contributed by atoms with E-state index in [2.05, 4.69) is 10.6 Å². The van der Waals surface area contributed by atoms with Crippen molar-refractivity contribution in [2.75, 3.05) is 26.2 Å². The van der Waals surface area contributed by atoms with E-state index >= 15 is 0 Å². The van der Waals surface area contributed by atoms with E-state index in [4.69, 9.17) is 0 Å². The predicted molar refractivity (Wildman–Crippen MR) is 62.1 cm³/mol. The minimum Gasteiger partial charge on any atom is -0.355 e. The van der Waals surface area contributed by atoms with Crippen molar-refractivity contribution >= 4 is 17.7 Å². The smallest absolute Gasteiger partial charge is 0.311 e. The highest BCUT2D eigenvalue weighted by atomic mass is 16.2. The third-order valence-corrected chi connectivity index (χ3v) is 2.62. The maximum atomic E-state index is 11.7. The van der Waals surface area contributed by atoms with Gasteiger partial charge in [-0.2, -0.15) is 0 Å². The molecule has 0 atom stereocenters. The van der Waals surface area contributed by atoms with Crippen LogP contribution in [0.5, 0.6) is 0 Å². The van der Waals surface area contributed by atoms with Gasteiger partial charge in [-0.25, -0.2) is 0 Å². The Kier molecular flexibility index (Phi) is 5.45. The molecule has 0 aromatic heterocycles. The van der Waals surface area contributed by atoms with E-state index in [-0.39, 0.29) is 12.5 Å². The molecule has 6 heteroatoms. The van der Waals surface area contributed by atoms with Crippen molar-refractivity contribution in [3.63, 3.8) is 0 Å². The number of hydrogen-bond acceptors (Lipinski definition) is 3. The van der Waals surface area contributed by atoms with E-state index in [1.165, 1.54) is 6.92 Å². The highest BCUT2D eigenvalue weighted by molar-refractivity contribution is 6.35. The van der Waals surface area contributed by atoms with Crippen LogP contribution in [0.15, 0.2) is 0 Å². The first-order valence-corrected chi connectivity index (χ1v) is 5.93. The van der Waals surface area contributed by atoms with Crippen LogP contribution in [0.4, 0.5) is 0 Å². The van der Waals surface area contributed by atoms with E-state index < -0.39 is 11.8 Å². The molecule has 0 radical (unpaired) electrons. The van der Waals surface area contributed by atoms with Gasteiger partial charge in [-0.3, -0.25) is 14.4 Å². The standard InChI is InChI=1S/C11H19N3O3/c1-9(15)12-5-6-13-10(16)11(17)14-7-3-2-4-8-14/h2-8H2,1H3,(H,12,15)(H,13,16). The summed E-state index contributed by atoms with van der Waals surface area (Å²) in [5.74, 6) is -1.20. The first kappa shape index (κ1) is 13.5. The molecule has 1 heterocycles. The van der Waals surface area contributed by atoms with Crippen LogP contribution >= 0.6 is 0 Å². The number of amides is 3. The van der Waals surface area contributed by atoms with Gasteiger partial charge in [-0.15, -0.1) is 0 Å². The number of hydrogen-bond donors (Lipinski definition) is 2. The van der Waals surface area contributed by atoms with Crippen LogP contribution in [0.1, 0.15) is 26.2 Å². The number of carbonyl (C=O) groups excluding carboxylic acids is 3. The first-order chi connectivity index (χ1) is 8.11. The van der Waals surface area contributed by atoms with E-state index in [0.717, 1.165) is 19.3 Å². The number of piperidine rings is 1. The average molecular weight is 241 g/mol. The Hall–Kier alpha value is -1.59. The summed E-state index contributed by atoms with van der Waals surface area (Å²) in [6.45, 7) is 3.35. The molecular weight excluding hydrogens is 222 g/mol. The fraction of sp³-hybridized carbons (Fsp3) is 0.727. The number of rotatable bonds is 3. The summed E-state index contributed by atoms with van der Waals surface area (Å²) in [6.07, 6.45) is 3.05. The van der Waals surface area contributed by atoms with Gasteiger partial charge in [0.2, 0.25) is 5.91 Å². The second kappa shape index (κ2) is 6.88. The van der Waals surface area contributed by atoms with Crippen LogP contribution in [-0.4, -0.2) is 48.8 Å². The Morgan fingerprint density at radius 1 is 1.00 bits per heavy atom. The second-order valence-corrected chi connectivity index (χ2v) is 4.09. The highest BCUT2D eigenvalue weighted by Gasteiger charge is 2.22. The zero-order valence-electron chi connectivity index (χ0n) is 10.1. The van der Waals surface area contributed by atoms with Crippen molar-refractivity contribution in [1.29, 1.82) is 0 Å². The van der Waals surface area contributed by atoms with Crippen molar-refractivity contribution in [2.24, 2.45) is 0 Å². The van der Waals surface area contributed by atoms with Gasteiger partial charge in [0.15, 0.2) is 0 Å². The summed E-state index contributed by atoms with van der Waals surface area (Å²) < 4.78 is 0. The summed E-state index contributed by atoms with van der Waals surface area (Å²) in [6, 6.07) is 0. The Bertz CT molecular complexity index is 298. The lowest BCUT2D eigenvalue weighted by Crippen LogP contribution is -2.46. The molecule has 0 aromatic rings. The van der Waals surface area contributed by atoms with Gasteiger partial charge >= 0.3 is 11.8 Å². The Morgan fingerprint density at radius 3 is 2.18 bits per heavy atom. The van der Waals surface area contributed by atoms with Gasteiger partial charge in [0, 0.05) is 33.1 Å². The average Bonchev–Trinajstić information content (AvgIpc) is 2.34. The van der Waals surface area contributed by atoms with Crippen LogP contribution in [-0.2, 0) is 14.4 Å². The minimum atomic E-state index is -0.586. The van der Waals surface area contributed by atoms with Gasteiger partial charge < -0.3 is 15.5 Å². The van der Waals surface area contributed by atoms with Crippen molar-refractivity contribution in [2.45, 2.75) is 26.2 Å². The second-order valence-electron chi connectivity index (χ2n) is 4.09. The molecule has 1 fully saturated rings. The van der Waals surface area contributed by atoms with E-state index in [9.17, 15) is 14.4 Å². The molecule has 6 nitrogen and oxygen atoms in total. The summed E-state index contributed by atoms with van der Waals surface area (Å²) in [4.78, 5) is 35.3. The third kappa shape index (κ3) is 4.84. The molecule has 0 bridgehead atoms. The normalized spacial score (nSPS) is 15.2. The first-order valence-electron chi connectivity index (χ1n) is 5.93. The Labute approximate surface area is 101 Å². The monoisotopic (exact) mass is 241 g/mol. The van der Waals surface area contributed by atoms with Gasteiger partial charge in [-0.1, -0.05) is 0 Å². The molecule has 1 rings (SSSR count). The molecular formula is C11H19N3O3. The molecule has 0 spiro atoms. The lowest BCUT2D eigenvalue weighted by molar-refractivity contribution is -0.146. The van der Waals surface area contributed by atoms with Crippen LogP contribution in [0, 0.1) is 0 Å². The highest BCUT2D eigenvalue weighted by Crippen LogP contribution is 2.08. The SMILES string of the molecule is CC(=O)NCCNC(=O)C(=O)N1CCCCC1. The molecule has 1 aliphatic rings. The molecule has 0 unspecified atom stereocenters. The van der Waals surface area contributed by atoms with Crippen molar-refractivity contribution < 1.29 is 14.4 Å². The predicted octanol–water partition coefficient (Wildman–Crippen LogP) is -0.749. The molecule has 1 saturated heterocycles. The Balaban J connectivity index is 2.22. The quantitative estimate of drug-likeness (QED) is 0.504. The maximum Gasteiger partial charge on any atom is 0.311 e. The fourth-order valence-electron chi connectivity index (χ4n) is 1.73. The van der Waals surface area contributed by atoms with E-state index in [0.29, 0.717) is 19.6 Å². The van der Waals surface area contributed by atoms with E-state index in [1.807, 2.05) is 0 Å². The molecule has 3 amide bonds. The molecule has 96 valence electrons. The van der Waals surface area contributed by atoms with Crippen molar-refractivity contribution in [3.8, 4) is 0 Å². The molecule has 17 heavy (non-hydrogen) atoms. The molecule has 0 aliphatic carbocycles. The number of carbonyl (C=O) groups is 3. The summed E-state index contributed by atoms with van der Waals surface area (Å²) in [5.41, 5.74) is 0. The fourth-order valence-corrected chi connectivity index (χ4v) is 1.73. The van der Waals surface area contributed by atoms with Gasteiger partial charge in [0.1, 0.15) is 0 Å². The van der Waals surface area contributed by atoms with Gasteiger partial charge in [0.05, 0.1) is 0 Å². The molecule has 0 aromatic carbocycles. The largest absolute Gasteiger partial charge is 0.355 e. The van der Waals surface area contributed by atoms with Crippen LogP contribution in [0.3, 0.4) is 0 Å². The minimum absolute atomic E-state index is 0.151. The zero-order valence-corrected chi connectivity index (χ0v) is 10.1. The van der Waals surface area contributed by atoms with Crippen molar-refractivity contribution in [3.05, 3.63) is 0 Å². The van der Waals surface area contributed by atoms with E-state index in [1.54, 1.807) is 4.90 Å². The maximum absolute atomic E-state index is 11.7. The summed E-state index contributed by atoms with van der Waals surface area (Å²) in [5, 5.41) is 5.03. The summed E-state index contributed by atoms with van der Waals surface area (Å²) in [7, 11) is 0. The molecule has 1 aliphatic heterocycles. The number of nitrogens with one attached hydrogen (secondary N) is 2. The van der Waals surface area contributed by atoms with Crippen LogP contribution in [0.2, 0.25) is 0 Å². The topological polar surface area (TPSA) is 78.5 Å². The lowest BCUT2D eigenvalue weighted by Gasteiger charge is -2.25. The summed E-state index contributed by atoms with van der Waals surface area (Å²) >= 11 is 0. The van der Waals surface area contributed by atoms with Crippen molar-refractivity contribution in [1.82, 2.24) is 15.5 Å². The number of likely N-dealkylation sites (tertiary alicyclic amines) is 1. The number of nitrogens with zero attached hydrogens (tertiary/aromatic N) is 1. The van der Waals surface area contributed by atoms with Gasteiger partial charge in [-0.05, 0) is 19.3 Å². The third-order valence-electron chi connectivity index (χ3n) is 2.62. The lowest BCUT2D eigenvalue weighted by atomic mass is 10.1. The van der Waals surface area contributed by atoms with Crippen LogP contribution < -0.4 is 10.6 Å². The Morgan fingerprint density at radius 2 is 1.59 bits per heavy atom. The van der Waals surface area contributed by atoms with Crippen LogP contribution in [0.25, 0.3) is 0 Å². The molecule has 2 N–H and O–H groups in total. The molecule has 0 saturated carbocycles.